The second-order valence-corrected chi connectivity index (χ2v) is 6.06. The Hall–Kier alpha value is -4.07. The van der Waals surface area contributed by atoms with Crippen LogP contribution in [0.15, 0.2) is 67.0 Å². The van der Waals surface area contributed by atoms with Crippen LogP contribution >= 0.6 is 0 Å². The summed E-state index contributed by atoms with van der Waals surface area (Å²) < 4.78 is 5.10. The van der Waals surface area contributed by atoms with E-state index in [9.17, 15) is 4.79 Å². The van der Waals surface area contributed by atoms with Crippen LogP contribution in [0.4, 0.5) is 23.1 Å². The van der Waals surface area contributed by atoms with Gasteiger partial charge in [-0.05, 0) is 31.2 Å². The fourth-order valence-electron chi connectivity index (χ4n) is 2.86. The SMILES string of the molecule is CCOC(=O)c1ccccc1Nc1cnnc(Nc2cccc3cccnc23)n1. The van der Waals surface area contributed by atoms with Crippen molar-refractivity contribution in [2.24, 2.45) is 0 Å². The van der Waals surface area contributed by atoms with E-state index in [1.807, 2.05) is 36.4 Å². The van der Waals surface area contributed by atoms with Crippen LogP contribution in [0.3, 0.4) is 0 Å². The molecule has 8 nitrogen and oxygen atoms in total. The zero-order valence-electron chi connectivity index (χ0n) is 15.7. The maximum atomic E-state index is 12.2. The fraction of sp³-hybridized carbons (Fsp3) is 0.0952. The molecule has 0 aliphatic carbocycles. The molecule has 0 radical (unpaired) electrons. The molecule has 0 atom stereocenters. The van der Waals surface area contributed by atoms with Crippen molar-refractivity contribution in [1.82, 2.24) is 20.2 Å². The van der Waals surface area contributed by atoms with E-state index in [0.29, 0.717) is 29.6 Å². The summed E-state index contributed by atoms with van der Waals surface area (Å²) in [5, 5.41) is 15.3. The number of ether oxygens (including phenoxy) is 1. The van der Waals surface area contributed by atoms with Gasteiger partial charge >= 0.3 is 5.97 Å². The summed E-state index contributed by atoms with van der Waals surface area (Å²) in [6.45, 7) is 2.07. The summed E-state index contributed by atoms with van der Waals surface area (Å²) in [4.78, 5) is 21.0. The molecule has 0 saturated heterocycles. The number of nitrogens with zero attached hydrogens (tertiary/aromatic N) is 4. The van der Waals surface area contributed by atoms with Gasteiger partial charge in [0.2, 0.25) is 5.95 Å². The first-order chi connectivity index (χ1) is 14.2. The number of hydrogen-bond donors (Lipinski definition) is 2. The molecule has 2 aromatic carbocycles. The Morgan fingerprint density at radius 3 is 2.72 bits per heavy atom. The van der Waals surface area contributed by atoms with Crippen LogP contribution in [-0.4, -0.2) is 32.7 Å². The lowest BCUT2D eigenvalue weighted by Crippen LogP contribution is -2.09. The summed E-state index contributed by atoms with van der Waals surface area (Å²) in [7, 11) is 0. The largest absolute Gasteiger partial charge is 0.462 e. The highest BCUT2D eigenvalue weighted by Crippen LogP contribution is 2.24. The number of carbonyl (C=O) groups excluding carboxylic acids is 1. The number of aromatic nitrogens is 4. The molecule has 0 spiro atoms. The van der Waals surface area contributed by atoms with Crippen molar-refractivity contribution in [3.05, 3.63) is 72.6 Å². The number of para-hydroxylation sites is 2. The standard InChI is InChI=1S/C21H18N6O2/c1-2-29-20(28)15-9-3-4-10-16(15)24-18-13-23-27-21(26-18)25-17-11-5-7-14-8-6-12-22-19(14)17/h3-13H,2H2,1H3,(H2,24,25,26,27). The van der Waals surface area contributed by atoms with Crippen molar-refractivity contribution < 1.29 is 9.53 Å². The molecule has 4 rings (SSSR count). The molecule has 144 valence electrons. The average molecular weight is 386 g/mol. The second-order valence-electron chi connectivity index (χ2n) is 6.06. The average Bonchev–Trinajstić information content (AvgIpc) is 2.75. The summed E-state index contributed by atoms with van der Waals surface area (Å²) in [6.07, 6.45) is 3.21. The minimum absolute atomic E-state index is 0.301. The first kappa shape index (κ1) is 18.3. The monoisotopic (exact) mass is 386 g/mol. The van der Waals surface area contributed by atoms with Crippen molar-refractivity contribution in [2.75, 3.05) is 17.2 Å². The van der Waals surface area contributed by atoms with E-state index in [4.69, 9.17) is 4.74 Å². The summed E-state index contributed by atoms with van der Waals surface area (Å²) >= 11 is 0. The van der Waals surface area contributed by atoms with Gasteiger partial charge in [0.25, 0.3) is 0 Å². The van der Waals surface area contributed by atoms with E-state index < -0.39 is 5.97 Å². The Morgan fingerprint density at radius 1 is 1.00 bits per heavy atom. The lowest BCUT2D eigenvalue weighted by Gasteiger charge is -2.11. The van der Waals surface area contributed by atoms with Crippen molar-refractivity contribution >= 4 is 40.0 Å². The topological polar surface area (TPSA) is 102 Å². The molecule has 0 unspecified atom stereocenters. The van der Waals surface area contributed by atoms with Gasteiger partial charge in [0.15, 0.2) is 5.82 Å². The fourth-order valence-corrected chi connectivity index (χ4v) is 2.86. The molecular formula is C21H18N6O2. The predicted molar refractivity (Wildman–Crippen MR) is 111 cm³/mol. The zero-order valence-corrected chi connectivity index (χ0v) is 15.7. The number of pyridine rings is 1. The number of anilines is 4. The van der Waals surface area contributed by atoms with Gasteiger partial charge in [-0.15, -0.1) is 5.10 Å². The molecular weight excluding hydrogens is 368 g/mol. The van der Waals surface area contributed by atoms with Gasteiger partial charge in [-0.2, -0.15) is 10.1 Å². The minimum Gasteiger partial charge on any atom is -0.462 e. The van der Waals surface area contributed by atoms with Crippen LogP contribution in [0.1, 0.15) is 17.3 Å². The van der Waals surface area contributed by atoms with Crippen molar-refractivity contribution in [3.63, 3.8) is 0 Å². The zero-order chi connectivity index (χ0) is 20.1. The first-order valence-electron chi connectivity index (χ1n) is 9.08. The van der Waals surface area contributed by atoms with Crippen molar-refractivity contribution in [3.8, 4) is 0 Å². The highest BCUT2D eigenvalue weighted by atomic mass is 16.5. The molecule has 2 aromatic heterocycles. The number of rotatable bonds is 6. The quantitative estimate of drug-likeness (QED) is 0.478. The summed E-state index contributed by atoms with van der Waals surface area (Å²) in [5.74, 6) is 0.340. The number of nitrogens with one attached hydrogen (secondary N) is 2. The van der Waals surface area contributed by atoms with Crippen molar-refractivity contribution in [2.45, 2.75) is 6.92 Å². The molecule has 4 aromatic rings. The molecule has 0 fully saturated rings. The second kappa shape index (κ2) is 8.30. The highest BCUT2D eigenvalue weighted by molar-refractivity contribution is 5.96. The Balaban J connectivity index is 1.60. The Morgan fingerprint density at radius 2 is 1.83 bits per heavy atom. The number of fused-ring (bicyclic) bond motifs is 1. The third kappa shape index (κ3) is 4.11. The van der Waals surface area contributed by atoms with E-state index in [2.05, 4.69) is 30.8 Å². The summed E-state index contributed by atoms with van der Waals surface area (Å²) in [5.41, 5.74) is 2.57. The van der Waals surface area contributed by atoms with Gasteiger partial charge < -0.3 is 15.4 Å². The smallest absolute Gasteiger partial charge is 0.340 e. The van der Waals surface area contributed by atoms with Crippen LogP contribution in [0.25, 0.3) is 10.9 Å². The number of hydrogen-bond acceptors (Lipinski definition) is 8. The number of benzene rings is 2. The van der Waals surface area contributed by atoms with Crippen LogP contribution in [0, 0.1) is 0 Å². The van der Waals surface area contributed by atoms with Crippen LogP contribution in [0.5, 0.6) is 0 Å². The molecule has 2 heterocycles. The molecule has 0 aliphatic rings. The molecule has 0 amide bonds. The normalized spacial score (nSPS) is 10.5. The van der Waals surface area contributed by atoms with Gasteiger partial charge in [-0.1, -0.05) is 30.3 Å². The van der Waals surface area contributed by atoms with Gasteiger partial charge in [0.1, 0.15) is 0 Å². The number of carbonyl (C=O) groups is 1. The first-order valence-corrected chi connectivity index (χ1v) is 9.08. The van der Waals surface area contributed by atoms with Gasteiger partial charge in [0.05, 0.1) is 35.3 Å². The molecule has 0 bridgehead atoms. The van der Waals surface area contributed by atoms with E-state index in [0.717, 1.165) is 16.6 Å². The van der Waals surface area contributed by atoms with E-state index in [-0.39, 0.29) is 0 Å². The van der Waals surface area contributed by atoms with Crippen molar-refractivity contribution in [1.29, 1.82) is 0 Å². The minimum atomic E-state index is -0.405. The van der Waals surface area contributed by atoms with Crippen LogP contribution < -0.4 is 10.6 Å². The third-order valence-electron chi connectivity index (χ3n) is 4.12. The van der Waals surface area contributed by atoms with Gasteiger partial charge in [0, 0.05) is 11.6 Å². The Kier molecular flexibility index (Phi) is 5.24. The molecule has 29 heavy (non-hydrogen) atoms. The third-order valence-corrected chi connectivity index (χ3v) is 4.12. The Bertz CT molecular complexity index is 1160. The Labute approximate surface area is 167 Å². The maximum absolute atomic E-state index is 12.2. The van der Waals surface area contributed by atoms with Gasteiger partial charge in [-0.3, -0.25) is 4.98 Å². The van der Waals surface area contributed by atoms with E-state index >= 15 is 0 Å². The van der Waals surface area contributed by atoms with Crippen LogP contribution in [0.2, 0.25) is 0 Å². The summed E-state index contributed by atoms with van der Waals surface area (Å²) in [6, 6.07) is 16.7. The number of esters is 1. The molecule has 2 N–H and O–H groups in total. The van der Waals surface area contributed by atoms with Gasteiger partial charge in [-0.25, -0.2) is 4.79 Å². The van der Waals surface area contributed by atoms with E-state index in [1.54, 1.807) is 31.3 Å². The maximum Gasteiger partial charge on any atom is 0.340 e. The van der Waals surface area contributed by atoms with Crippen LogP contribution in [-0.2, 0) is 4.74 Å². The predicted octanol–water partition coefficient (Wildman–Crippen LogP) is 4.08. The lowest BCUT2D eigenvalue weighted by atomic mass is 10.2. The molecule has 0 saturated carbocycles. The highest BCUT2D eigenvalue weighted by Gasteiger charge is 2.13. The van der Waals surface area contributed by atoms with E-state index in [1.165, 1.54) is 6.20 Å². The molecule has 8 heteroatoms. The molecule has 0 aliphatic heterocycles. The lowest BCUT2D eigenvalue weighted by molar-refractivity contribution is 0.0527.